The van der Waals surface area contributed by atoms with Crippen LogP contribution in [0.3, 0.4) is 0 Å². The lowest BCUT2D eigenvalue weighted by atomic mass is 9.95. The summed E-state index contributed by atoms with van der Waals surface area (Å²) in [6.45, 7) is 2.46. The minimum absolute atomic E-state index is 0.190. The summed E-state index contributed by atoms with van der Waals surface area (Å²) in [5.41, 5.74) is 0.344. The van der Waals surface area contributed by atoms with Crippen LogP contribution < -0.4 is 10.6 Å². The second-order valence-electron chi connectivity index (χ2n) is 5.02. The molecule has 0 radical (unpaired) electrons. The van der Waals surface area contributed by atoms with Gasteiger partial charge in [0.05, 0.1) is 18.2 Å². The van der Waals surface area contributed by atoms with Crippen LogP contribution in [0.4, 0.5) is 5.82 Å². The Morgan fingerprint density at radius 2 is 2.32 bits per heavy atom. The standard InChI is InChI=1S/C13H18N4O2/c1-2-14-13(18)9-4-6-12(17-16-9)15-10-7-8-3-5-11(10)19-8/h4,6,8,10-11H,2-3,5,7H2,1H3,(H,14,18)(H,15,17)/t8-,10+,11-/m1/s1. The third-order valence-electron chi connectivity index (χ3n) is 3.67. The van der Waals surface area contributed by atoms with Crippen LogP contribution in [0.25, 0.3) is 0 Å². The largest absolute Gasteiger partial charge is 0.373 e. The number of nitrogens with zero attached hydrogens (tertiary/aromatic N) is 2. The quantitative estimate of drug-likeness (QED) is 0.845. The molecule has 3 heterocycles. The molecular weight excluding hydrogens is 244 g/mol. The van der Waals surface area contributed by atoms with Crippen molar-refractivity contribution in [2.45, 2.75) is 44.4 Å². The van der Waals surface area contributed by atoms with E-state index < -0.39 is 0 Å². The van der Waals surface area contributed by atoms with Gasteiger partial charge in [0.2, 0.25) is 0 Å². The van der Waals surface area contributed by atoms with Gasteiger partial charge in [0.15, 0.2) is 5.69 Å². The lowest BCUT2D eigenvalue weighted by molar-refractivity contribution is 0.0949. The van der Waals surface area contributed by atoms with Crippen molar-refractivity contribution in [1.29, 1.82) is 0 Å². The van der Waals surface area contributed by atoms with Crippen molar-refractivity contribution in [3.8, 4) is 0 Å². The van der Waals surface area contributed by atoms with Crippen molar-refractivity contribution in [1.82, 2.24) is 15.5 Å². The van der Waals surface area contributed by atoms with E-state index >= 15 is 0 Å². The normalized spacial score (nSPS) is 28.4. The lowest BCUT2D eigenvalue weighted by Gasteiger charge is -2.20. The first-order valence-corrected chi connectivity index (χ1v) is 6.80. The number of rotatable bonds is 4. The summed E-state index contributed by atoms with van der Waals surface area (Å²) in [4.78, 5) is 11.6. The summed E-state index contributed by atoms with van der Waals surface area (Å²) in [5.74, 6) is 0.513. The molecule has 3 atom stereocenters. The molecule has 0 aromatic carbocycles. The molecule has 1 aromatic heterocycles. The second-order valence-corrected chi connectivity index (χ2v) is 5.02. The highest BCUT2D eigenvalue weighted by atomic mass is 16.5. The molecule has 6 heteroatoms. The van der Waals surface area contributed by atoms with E-state index in [1.54, 1.807) is 12.1 Å². The molecule has 2 N–H and O–H groups in total. The van der Waals surface area contributed by atoms with E-state index in [0.29, 0.717) is 36.3 Å². The third kappa shape index (κ3) is 2.53. The SMILES string of the molecule is CCNC(=O)c1ccc(N[C@H]2C[C@H]3CC[C@H]2O3)nn1. The number of hydrogen-bond acceptors (Lipinski definition) is 5. The Kier molecular flexibility index (Phi) is 3.33. The number of hydrogen-bond donors (Lipinski definition) is 2. The predicted octanol–water partition coefficient (Wildman–Crippen LogP) is 0.958. The van der Waals surface area contributed by atoms with Crippen molar-refractivity contribution < 1.29 is 9.53 Å². The number of anilines is 1. The van der Waals surface area contributed by atoms with Crippen LogP contribution in [-0.4, -0.2) is 40.9 Å². The summed E-state index contributed by atoms with van der Waals surface area (Å²) < 4.78 is 5.78. The van der Waals surface area contributed by atoms with Crippen LogP contribution in [0.15, 0.2) is 12.1 Å². The first-order chi connectivity index (χ1) is 9.26. The van der Waals surface area contributed by atoms with Crippen molar-refractivity contribution in [3.05, 3.63) is 17.8 Å². The van der Waals surface area contributed by atoms with E-state index in [4.69, 9.17) is 4.74 Å². The number of nitrogens with one attached hydrogen (secondary N) is 2. The fraction of sp³-hybridized carbons (Fsp3) is 0.615. The van der Waals surface area contributed by atoms with Crippen molar-refractivity contribution in [2.75, 3.05) is 11.9 Å². The molecule has 2 aliphatic rings. The molecular formula is C13H18N4O2. The highest BCUT2D eigenvalue weighted by molar-refractivity contribution is 5.92. The first-order valence-electron chi connectivity index (χ1n) is 6.80. The Morgan fingerprint density at radius 3 is 2.89 bits per heavy atom. The lowest BCUT2D eigenvalue weighted by Crippen LogP contribution is -2.31. The molecule has 2 aliphatic heterocycles. The Bertz CT molecular complexity index is 462. The van der Waals surface area contributed by atoms with Crippen molar-refractivity contribution in [3.63, 3.8) is 0 Å². The number of fused-ring (bicyclic) bond motifs is 2. The maximum atomic E-state index is 11.6. The molecule has 3 rings (SSSR count). The fourth-order valence-corrected chi connectivity index (χ4v) is 2.76. The monoisotopic (exact) mass is 262 g/mol. The highest BCUT2D eigenvalue weighted by Gasteiger charge is 2.40. The van der Waals surface area contributed by atoms with E-state index in [1.807, 2.05) is 6.92 Å². The molecule has 2 fully saturated rings. The molecule has 102 valence electrons. The Balaban J connectivity index is 1.61. The molecule has 19 heavy (non-hydrogen) atoms. The molecule has 0 aliphatic carbocycles. The van der Waals surface area contributed by atoms with Gasteiger partial charge in [-0.3, -0.25) is 4.79 Å². The smallest absolute Gasteiger partial charge is 0.271 e. The molecule has 6 nitrogen and oxygen atoms in total. The molecule has 2 bridgehead atoms. The third-order valence-corrected chi connectivity index (χ3v) is 3.67. The average molecular weight is 262 g/mol. The summed E-state index contributed by atoms with van der Waals surface area (Å²) in [7, 11) is 0. The summed E-state index contributed by atoms with van der Waals surface area (Å²) in [6.07, 6.45) is 4.03. The van der Waals surface area contributed by atoms with Crippen molar-refractivity contribution in [2.24, 2.45) is 0 Å². The van der Waals surface area contributed by atoms with Crippen LogP contribution in [0, 0.1) is 0 Å². The van der Waals surface area contributed by atoms with E-state index in [9.17, 15) is 4.79 Å². The zero-order valence-corrected chi connectivity index (χ0v) is 10.9. The van der Waals surface area contributed by atoms with E-state index in [2.05, 4.69) is 20.8 Å². The maximum Gasteiger partial charge on any atom is 0.271 e. The minimum atomic E-state index is -0.190. The van der Waals surface area contributed by atoms with Gasteiger partial charge in [0.1, 0.15) is 5.82 Å². The Morgan fingerprint density at radius 1 is 1.42 bits per heavy atom. The van der Waals surface area contributed by atoms with Crippen LogP contribution in [-0.2, 0) is 4.74 Å². The summed E-state index contributed by atoms with van der Waals surface area (Å²) in [6, 6.07) is 3.81. The number of ether oxygens (including phenoxy) is 1. The topological polar surface area (TPSA) is 76.1 Å². The van der Waals surface area contributed by atoms with Gasteiger partial charge in [0.25, 0.3) is 5.91 Å². The van der Waals surface area contributed by atoms with Gasteiger partial charge in [0, 0.05) is 6.54 Å². The van der Waals surface area contributed by atoms with Gasteiger partial charge in [-0.15, -0.1) is 10.2 Å². The average Bonchev–Trinajstić information content (AvgIpc) is 3.02. The van der Waals surface area contributed by atoms with E-state index in [1.165, 1.54) is 6.42 Å². The van der Waals surface area contributed by atoms with Gasteiger partial charge in [-0.2, -0.15) is 0 Å². The minimum Gasteiger partial charge on any atom is -0.373 e. The van der Waals surface area contributed by atoms with Gasteiger partial charge in [-0.05, 0) is 38.3 Å². The Labute approximate surface area is 111 Å². The van der Waals surface area contributed by atoms with Gasteiger partial charge in [-0.25, -0.2) is 0 Å². The predicted molar refractivity (Wildman–Crippen MR) is 70.0 cm³/mol. The summed E-state index contributed by atoms with van der Waals surface area (Å²) >= 11 is 0. The molecule has 1 amide bonds. The molecule has 0 saturated carbocycles. The second kappa shape index (κ2) is 5.13. The fourth-order valence-electron chi connectivity index (χ4n) is 2.76. The van der Waals surface area contributed by atoms with Crippen molar-refractivity contribution >= 4 is 11.7 Å². The number of aromatic nitrogens is 2. The molecule has 2 saturated heterocycles. The van der Waals surface area contributed by atoms with Crippen LogP contribution >= 0.6 is 0 Å². The van der Waals surface area contributed by atoms with Crippen LogP contribution in [0.5, 0.6) is 0 Å². The number of carbonyl (C=O) groups is 1. The maximum absolute atomic E-state index is 11.6. The zero-order chi connectivity index (χ0) is 13.2. The van der Waals surface area contributed by atoms with Crippen LogP contribution in [0.1, 0.15) is 36.7 Å². The highest BCUT2D eigenvalue weighted by Crippen LogP contribution is 2.35. The number of amides is 1. The number of carbonyl (C=O) groups excluding carboxylic acids is 1. The van der Waals surface area contributed by atoms with Gasteiger partial charge >= 0.3 is 0 Å². The molecule has 0 spiro atoms. The Hall–Kier alpha value is -1.69. The van der Waals surface area contributed by atoms with Gasteiger partial charge < -0.3 is 15.4 Å². The van der Waals surface area contributed by atoms with Crippen LogP contribution in [0.2, 0.25) is 0 Å². The zero-order valence-electron chi connectivity index (χ0n) is 10.9. The first kappa shape index (κ1) is 12.3. The van der Waals surface area contributed by atoms with E-state index in [-0.39, 0.29) is 5.91 Å². The molecule has 0 unspecified atom stereocenters. The van der Waals surface area contributed by atoms with Gasteiger partial charge in [-0.1, -0.05) is 0 Å². The summed E-state index contributed by atoms with van der Waals surface area (Å²) in [5, 5.41) is 14.0. The van der Waals surface area contributed by atoms with E-state index in [0.717, 1.165) is 12.8 Å². The molecule has 1 aromatic rings.